The monoisotopic (exact) mass is 142 g/mol. The first-order valence-corrected chi connectivity index (χ1v) is 3.02. The summed E-state index contributed by atoms with van der Waals surface area (Å²) in [4.78, 5) is 3.84. The van der Waals surface area contributed by atoms with Gasteiger partial charge in [-0.2, -0.15) is 0 Å². The van der Waals surface area contributed by atoms with Crippen LogP contribution in [0, 0.1) is 0 Å². The molecule has 4 heteroatoms. The van der Waals surface area contributed by atoms with E-state index in [1.165, 1.54) is 0 Å². The lowest BCUT2D eigenvalue weighted by molar-refractivity contribution is 0.0864. The Bertz CT molecular complexity index is 209. The highest BCUT2D eigenvalue weighted by Gasteiger charge is 2.09. The molecule has 1 aromatic heterocycles. The van der Waals surface area contributed by atoms with Crippen LogP contribution in [-0.2, 0) is 7.05 Å². The van der Waals surface area contributed by atoms with Crippen LogP contribution in [0.1, 0.15) is 11.9 Å². The van der Waals surface area contributed by atoms with Gasteiger partial charge >= 0.3 is 0 Å². The molecule has 0 spiro atoms. The second-order valence-electron chi connectivity index (χ2n) is 2.09. The molecule has 0 amide bonds. The average Bonchev–Trinajstić information content (AvgIpc) is 2.34. The van der Waals surface area contributed by atoms with Gasteiger partial charge in [0.15, 0.2) is 0 Å². The summed E-state index contributed by atoms with van der Waals surface area (Å²) in [6, 6.07) is 0. The molecular weight excluding hydrogens is 132 g/mol. The Balaban J connectivity index is 2.82. The van der Waals surface area contributed by atoms with Crippen LogP contribution in [0.5, 0.6) is 0 Å². The molecule has 0 saturated heterocycles. The van der Waals surface area contributed by atoms with Crippen molar-refractivity contribution in [3.05, 3.63) is 18.2 Å². The van der Waals surface area contributed by atoms with Crippen molar-refractivity contribution < 1.29 is 10.2 Å². The van der Waals surface area contributed by atoms with Gasteiger partial charge in [-0.3, -0.25) is 0 Å². The van der Waals surface area contributed by atoms with Crippen molar-refractivity contribution in [1.29, 1.82) is 0 Å². The van der Waals surface area contributed by atoms with E-state index < -0.39 is 6.10 Å². The highest BCUT2D eigenvalue weighted by molar-refractivity contribution is 4.94. The van der Waals surface area contributed by atoms with E-state index in [-0.39, 0.29) is 6.61 Å². The minimum Gasteiger partial charge on any atom is -0.393 e. The normalized spacial score (nSPS) is 13.5. The molecule has 1 heterocycles. The van der Waals surface area contributed by atoms with Crippen molar-refractivity contribution in [3.63, 3.8) is 0 Å². The molecule has 2 N–H and O–H groups in total. The Labute approximate surface area is 58.8 Å². The Morgan fingerprint density at radius 1 is 1.80 bits per heavy atom. The molecular formula is C6H10N2O2. The zero-order valence-corrected chi connectivity index (χ0v) is 5.73. The number of aliphatic hydroxyl groups is 2. The summed E-state index contributed by atoms with van der Waals surface area (Å²) in [6.45, 7) is -0.287. The number of imidazole rings is 1. The first kappa shape index (κ1) is 7.24. The molecule has 0 bridgehead atoms. The summed E-state index contributed by atoms with van der Waals surface area (Å²) >= 11 is 0. The van der Waals surface area contributed by atoms with Crippen molar-refractivity contribution in [2.75, 3.05) is 6.61 Å². The fraction of sp³-hybridized carbons (Fsp3) is 0.500. The highest BCUT2D eigenvalue weighted by atomic mass is 16.3. The first-order chi connectivity index (χ1) is 4.75. The molecule has 1 atom stereocenters. The Morgan fingerprint density at radius 2 is 2.50 bits per heavy atom. The lowest BCUT2D eigenvalue weighted by Gasteiger charge is -2.05. The summed E-state index contributed by atoms with van der Waals surface area (Å²) in [7, 11) is 1.77. The number of rotatable bonds is 2. The predicted octanol–water partition coefficient (Wildman–Crippen LogP) is -0.554. The van der Waals surface area contributed by atoms with Crippen LogP contribution < -0.4 is 0 Å². The summed E-state index contributed by atoms with van der Waals surface area (Å²) in [5.74, 6) is 0.488. The molecule has 10 heavy (non-hydrogen) atoms. The molecule has 56 valence electrons. The zero-order chi connectivity index (χ0) is 7.56. The minimum absolute atomic E-state index is 0.287. The molecule has 4 nitrogen and oxygen atoms in total. The quantitative estimate of drug-likeness (QED) is 0.582. The molecule has 0 aliphatic heterocycles. The predicted molar refractivity (Wildman–Crippen MR) is 35.3 cm³/mol. The van der Waals surface area contributed by atoms with Gasteiger partial charge in [0.05, 0.1) is 6.61 Å². The molecule has 0 aromatic carbocycles. The summed E-state index contributed by atoms with van der Waals surface area (Å²) in [6.07, 6.45) is 2.43. The van der Waals surface area contributed by atoms with E-state index in [1.807, 2.05) is 0 Å². The fourth-order valence-corrected chi connectivity index (χ4v) is 0.780. The van der Waals surface area contributed by atoms with Gasteiger partial charge in [0.2, 0.25) is 0 Å². The zero-order valence-electron chi connectivity index (χ0n) is 5.73. The number of hydrogen-bond acceptors (Lipinski definition) is 3. The van der Waals surface area contributed by atoms with Crippen molar-refractivity contribution in [1.82, 2.24) is 9.55 Å². The van der Waals surface area contributed by atoms with Gasteiger partial charge in [0.1, 0.15) is 11.9 Å². The maximum absolute atomic E-state index is 9.07. The van der Waals surface area contributed by atoms with E-state index in [2.05, 4.69) is 4.98 Å². The number of aryl methyl sites for hydroxylation is 1. The summed E-state index contributed by atoms with van der Waals surface area (Å²) < 4.78 is 1.67. The summed E-state index contributed by atoms with van der Waals surface area (Å²) in [5, 5.41) is 17.6. The van der Waals surface area contributed by atoms with Gasteiger partial charge in [-0.15, -0.1) is 0 Å². The summed E-state index contributed by atoms with van der Waals surface area (Å²) in [5.41, 5.74) is 0. The molecule has 1 aromatic rings. The van der Waals surface area contributed by atoms with Gasteiger partial charge in [0, 0.05) is 19.4 Å². The van der Waals surface area contributed by atoms with Crippen LogP contribution in [0.4, 0.5) is 0 Å². The number of nitrogens with zero attached hydrogens (tertiary/aromatic N) is 2. The molecule has 0 aliphatic rings. The molecule has 0 aliphatic carbocycles. The van der Waals surface area contributed by atoms with E-state index in [9.17, 15) is 0 Å². The van der Waals surface area contributed by atoms with Crippen molar-refractivity contribution in [2.45, 2.75) is 6.10 Å². The van der Waals surface area contributed by atoms with E-state index in [4.69, 9.17) is 10.2 Å². The van der Waals surface area contributed by atoms with E-state index in [0.29, 0.717) is 5.82 Å². The van der Waals surface area contributed by atoms with Gasteiger partial charge in [-0.05, 0) is 0 Å². The second kappa shape index (κ2) is 2.81. The Kier molecular flexibility index (Phi) is 2.03. The van der Waals surface area contributed by atoms with Crippen LogP contribution in [-0.4, -0.2) is 26.4 Å². The number of aromatic nitrogens is 2. The molecule has 0 saturated carbocycles. The third-order valence-electron chi connectivity index (χ3n) is 1.33. The van der Waals surface area contributed by atoms with Crippen LogP contribution in [0.3, 0.4) is 0 Å². The van der Waals surface area contributed by atoms with Gasteiger partial charge in [0.25, 0.3) is 0 Å². The lowest BCUT2D eigenvalue weighted by Crippen LogP contribution is -2.08. The largest absolute Gasteiger partial charge is 0.393 e. The van der Waals surface area contributed by atoms with Gasteiger partial charge < -0.3 is 14.8 Å². The van der Waals surface area contributed by atoms with Crippen LogP contribution in [0.25, 0.3) is 0 Å². The van der Waals surface area contributed by atoms with E-state index >= 15 is 0 Å². The molecule has 1 rings (SSSR count). The van der Waals surface area contributed by atoms with Gasteiger partial charge in [-0.25, -0.2) is 4.98 Å². The van der Waals surface area contributed by atoms with Crippen molar-refractivity contribution in [2.24, 2.45) is 7.05 Å². The second-order valence-corrected chi connectivity index (χ2v) is 2.09. The lowest BCUT2D eigenvalue weighted by atomic mass is 10.3. The molecule has 1 unspecified atom stereocenters. The molecule has 0 radical (unpaired) electrons. The fourth-order valence-electron chi connectivity index (χ4n) is 0.780. The third kappa shape index (κ3) is 1.17. The van der Waals surface area contributed by atoms with Crippen molar-refractivity contribution >= 4 is 0 Å². The number of aliphatic hydroxyl groups excluding tert-OH is 2. The van der Waals surface area contributed by atoms with Crippen LogP contribution >= 0.6 is 0 Å². The molecule has 0 fully saturated rings. The van der Waals surface area contributed by atoms with Crippen LogP contribution in [0.15, 0.2) is 12.4 Å². The minimum atomic E-state index is -0.861. The standard InChI is InChI=1S/C6H10N2O2/c1-8-3-2-7-6(8)5(10)4-9/h2-3,5,9-10H,4H2,1H3. The number of hydrogen-bond donors (Lipinski definition) is 2. The highest BCUT2D eigenvalue weighted by Crippen LogP contribution is 2.06. The van der Waals surface area contributed by atoms with Crippen LogP contribution in [0.2, 0.25) is 0 Å². The van der Waals surface area contributed by atoms with E-state index in [0.717, 1.165) is 0 Å². The maximum Gasteiger partial charge on any atom is 0.139 e. The van der Waals surface area contributed by atoms with E-state index in [1.54, 1.807) is 24.0 Å². The Hall–Kier alpha value is -0.870. The SMILES string of the molecule is Cn1ccnc1C(O)CO. The van der Waals surface area contributed by atoms with Crippen molar-refractivity contribution in [3.8, 4) is 0 Å². The first-order valence-electron chi connectivity index (χ1n) is 3.02. The smallest absolute Gasteiger partial charge is 0.139 e. The Morgan fingerprint density at radius 3 is 2.90 bits per heavy atom. The average molecular weight is 142 g/mol. The van der Waals surface area contributed by atoms with Gasteiger partial charge in [-0.1, -0.05) is 0 Å². The maximum atomic E-state index is 9.07. The topological polar surface area (TPSA) is 58.3 Å². The third-order valence-corrected chi connectivity index (χ3v) is 1.33.